The van der Waals surface area contributed by atoms with Crippen LogP contribution in [0.1, 0.15) is 30.9 Å². The van der Waals surface area contributed by atoms with Crippen LogP contribution in [0.2, 0.25) is 0 Å². The number of nitrogens with one attached hydrogen (secondary N) is 1. The Hall–Kier alpha value is -2.54. The maximum absolute atomic E-state index is 12.5. The van der Waals surface area contributed by atoms with Gasteiger partial charge >= 0.3 is 0 Å². The Bertz CT molecular complexity index is 1040. The van der Waals surface area contributed by atoms with Crippen LogP contribution in [0, 0.1) is 0 Å². The summed E-state index contributed by atoms with van der Waals surface area (Å²) in [6, 6.07) is 10.5. The van der Waals surface area contributed by atoms with Gasteiger partial charge in [-0.15, -0.1) is 11.8 Å². The predicted molar refractivity (Wildman–Crippen MR) is 116 cm³/mol. The molecule has 0 spiro atoms. The molecule has 1 amide bonds. The van der Waals surface area contributed by atoms with Crippen LogP contribution in [-0.4, -0.2) is 45.3 Å². The van der Waals surface area contributed by atoms with E-state index in [2.05, 4.69) is 38.1 Å². The van der Waals surface area contributed by atoms with Gasteiger partial charge in [0.05, 0.1) is 5.75 Å². The molecule has 1 saturated heterocycles. The number of para-hydroxylation sites is 1. The highest BCUT2D eigenvalue weighted by molar-refractivity contribution is 8.00. The van der Waals surface area contributed by atoms with E-state index in [0.29, 0.717) is 11.7 Å². The summed E-state index contributed by atoms with van der Waals surface area (Å²) >= 11 is 1.60. The molecule has 1 aliphatic heterocycles. The molecule has 2 fully saturated rings. The van der Waals surface area contributed by atoms with E-state index in [4.69, 9.17) is 4.98 Å². The smallest absolute Gasteiger partial charge is 0.230 e. The first-order chi connectivity index (χ1) is 14.2. The van der Waals surface area contributed by atoms with E-state index in [0.717, 1.165) is 36.0 Å². The van der Waals surface area contributed by atoms with Gasteiger partial charge in [-0.2, -0.15) is 0 Å². The van der Waals surface area contributed by atoms with Gasteiger partial charge in [0.2, 0.25) is 11.9 Å². The largest absolute Gasteiger partial charge is 0.351 e. The van der Waals surface area contributed by atoms with Crippen molar-refractivity contribution < 1.29 is 4.79 Å². The molecule has 29 heavy (non-hydrogen) atoms. The lowest BCUT2D eigenvalue weighted by Crippen LogP contribution is -2.38. The van der Waals surface area contributed by atoms with E-state index in [1.54, 1.807) is 11.8 Å². The van der Waals surface area contributed by atoms with Crippen molar-refractivity contribution in [2.45, 2.75) is 36.1 Å². The zero-order chi connectivity index (χ0) is 19.8. The van der Waals surface area contributed by atoms with Crippen LogP contribution in [0.25, 0.3) is 10.9 Å². The third-order valence-corrected chi connectivity index (χ3v) is 6.76. The first kappa shape index (κ1) is 18.5. The van der Waals surface area contributed by atoms with Crippen molar-refractivity contribution in [2.24, 2.45) is 7.05 Å². The van der Waals surface area contributed by atoms with Crippen molar-refractivity contribution in [1.29, 1.82) is 0 Å². The number of thioether (sulfide) groups is 1. The summed E-state index contributed by atoms with van der Waals surface area (Å²) in [5, 5.41) is 4.39. The summed E-state index contributed by atoms with van der Waals surface area (Å²) in [5.74, 6) is 1.94. The average molecular weight is 408 g/mol. The molecule has 0 radical (unpaired) electrons. The molecular formula is C22H25N5OS. The number of amides is 1. The van der Waals surface area contributed by atoms with Gasteiger partial charge in [0.25, 0.3) is 0 Å². The van der Waals surface area contributed by atoms with E-state index >= 15 is 0 Å². The second-order valence-electron chi connectivity index (χ2n) is 7.96. The van der Waals surface area contributed by atoms with E-state index < -0.39 is 0 Å². The minimum Gasteiger partial charge on any atom is -0.351 e. The van der Waals surface area contributed by atoms with Gasteiger partial charge < -0.3 is 14.8 Å². The second-order valence-corrected chi connectivity index (χ2v) is 8.98. The van der Waals surface area contributed by atoms with E-state index in [9.17, 15) is 4.79 Å². The summed E-state index contributed by atoms with van der Waals surface area (Å²) in [4.78, 5) is 25.0. The first-order valence-corrected chi connectivity index (χ1v) is 11.2. The number of carbonyl (C=O) groups is 1. The molecule has 6 nitrogen and oxygen atoms in total. The Morgan fingerprint density at radius 3 is 2.97 bits per heavy atom. The van der Waals surface area contributed by atoms with Gasteiger partial charge in [-0.1, -0.05) is 18.2 Å². The topological polar surface area (TPSA) is 63.1 Å². The number of hydrogen-bond acceptors (Lipinski definition) is 5. The molecule has 150 valence electrons. The number of aryl methyl sites for hydroxylation is 1. The Morgan fingerprint density at radius 2 is 2.10 bits per heavy atom. The van der Waals surface area contributed by atoms with Gasteiger partial charge in [-0.05, 0) is 31.4 Å². The van der Waals surface area contributed by atoms with Crippen LogP contribution in [0.5, 0.6) is 0 Å². The normalized spacial score (nSPS) is 19.1. The second kappa shape index (κ2) is 7.71. The van der Waals surface area contributed by atoms with Gasteiger partial charge in [0.15, 0.2) is 0 Å². The lowest BCUT2D eigenvalue weighted by molar-refractivity contribution is -0.119. The van der Waals surface area contributed by atoms with Gasteiger partial charge in [0.1, 0.15) is 0 Å². The number of carbonyl (C=O) groups excluding carboxylic acids is 1. The number of anilines is 1. The lowest BCUT2D eigenvalue weighted by atomic mass is 10.2. The van der Waals surface area contributed by atoms with Crippen molar-refractivity contribution >= 4 is 34.5 Å². The van der Waals surface area contributed by atoms with Crippen LogP contribution in [0.3, 0.4) is 0 Å². The highest BCUT2D eigenvalue weighted by Crippen LogP contribution is 2.39. The van der Waals surface area contributed by atoms with E-state index in [-0.39, 0.29) is 11.9 Å². The molecule has 2 aromatic heterocycles. The van der Waals surface area contributed by atoms with Crippen LogP contribution in [0.4, 0.5) is 5.95 Å². The van der Waals surface area contributed by atoms with Gasteiger partial charge in [-0.25, -0.2) is 9.97 Å². The van der Waals surface area contributed by atoms with Crippen molar-refractivity contribution in [1.82, 2.24) is 19.9 Å². The first-order valence-electron chi connectivity index (χ1n) is 10.2. The lowest BCUT2D eigenvalue weighted by Gasteiger charge is -2.17. The Kier molecular flexibility index (Phi) is 4.91. The van der Waals surface area contributed by atoms with Crippen LogP contribution < -0.4 is 10.2 Å². The molecule has 1 aliphatic carbocycles. The fraction of sp³-hybridized carbons (Fsp3) is 0.409. The fourth-order valence-electron chi connectivity index (χ4n) is 4.01. The summed E-state index contributed by atoms with van der Waals surface area (Å²) in [7, 11) is 2.04. The number of fused-ring (bicyclic) bond motifs is 1. The molecule has 3 heterocycles. The summed E-state index contributed by atoms with van der Waals surface area (Å²) in [6.45, 7) is 1.66. The third-order valence-electron chi connectivity index (χ3n) is 5.72. The fourth-order valence-corrected chi connectivity index (χ4v) is 4.94. The van der Waals surface area contributed by atoms with Crippen molar-refractivity contribution in [2.75, 3.05) is 23.7 Å². The number of hydrogen-bond donors (Lipinski definition) is 1. The Balaban J connectivity index is 1.16. The molecular weight excluding hydrogens is 382 g/mol. The van der Waals surface area contributed by atoms with Crippen LogP contribution in [0.15, 0.2) is 47.6 Å². The van der Waals surface area contributed by atoms with E-state index in [1.807, 2.05) is 31.4 Å². The molecule has 2 aliphatic rings. The monoisotopic (exact) mass is 407 g/mol. The number of benzene rings is 1. The standard InChI is InChI=1S/C22H25N5OS/c1-26-13-20(17-4-2-3-5-19(17)26)29-14-21(28)24-16-9-11-27(12-16)22-23-10-8-18(25-22)15-6-7-15/h2-5,8,10,13,15-16H,6-7,9,11-12,14H2,1H3,(H,24,28). The highest BCUT2D eigenvalue weighted by Gasteiger charge is 2.28. The van der Waals surface area contributed by atoms with Crippen LogP contribution in [-0.2, 0) is 11.8 Å². The maximum atomic E-state index is 12.5. The molecule has 1 N–H and O–H groups in total. The number of rotatable bonds is 6. The van der Waals surface area contributed by atoms with E-state index in [1.165, 1.54) is 23.7 Å². The molecule has 1 atom stereocenters. The zero-order valence-corrected chi connectivity index (χ0v) is 17.4. The molecule has 3 aromatic rings. The molecule has 1 unspecified atom stereocenters. The molecule has 0 bridgehead atoms. The zero-order valence-electron chi connectivity index (χ0n) is 16.5. The SMILES string of the molecule is Cn1cc(SCC(=O)NC2CCN(c3nccc(C4CC4)n3)C2)c2ccccc21. The average Bonchev–Trinajstić information content (AvgIpc) is 3.42. The van der Waals surface area contributed by atoms with Crippen molar-refractivity contribution in [3.8, 4) is 0 Å². The van der Waals surface area contributed by atoms with Crippen molar-refractivity contribution in [3.63, 3.8) is 0 Å². The van der Waals surface area contributed by atoms with Crippen molar-refractivity contribution in [3.05, 3.63) is 48.4 Å². The Morgan fingerprint density at radius 1 is 1.24 bits per heavy atom. The minimum absolute atomic E-state index is 0.0856. The van der Waals surface area contributed by atoms with Crippen LogP contribution >= 0.6 is 11.8 Å². The molecule has 1 saturated carbocycles. The number of nitrogens with zero attached hydrogens (tertiary/aromatic N) is 4. The predicted octanol–water partition coefficient (Wildman–Crippen LogP) is 3.33. The maximum Gasteiger partial charge on any atom is 0.230 e. The summed E-state index contributed by atoms with van der Waals surface area (Å²) in [6.07, 6.45) is 7.38. The minimum atomic E-state index is 0.0856. The summed E-state index contributed by atoms with van der Waals surface area (Å²) in [5.41, 5.74) is 2.35. The Labute approximate surface area is 174 Å². The molecule has 5 rings (SSSR count). The third kappa shape index (κ3) is 3.96. The number of aromatic nitrogens is 3. The van der Waals surface area contributed by atoms with Gasteiger partial charge in [0, 0.05) is 66.0 Å². The van der Waals surface area contributed by atoms with Gasteiger partial charge in [-0.3, -0.25) is 4.79 Å². The molecule has 7 heteroatoms. The quantitative estimate of drug-likeness (QED) is 0.635. The summed E-state index contributed by atoms with van der Waals surface area (Å²) < 4.78 is 2.11. The molecule has 1 aromatic carbocycles. The highest BCUT2D eigenvalue weighted by atomic mass is 32.2.